The standard InChI is InChI=1S/C17H15N3O5S2/c1-24-11-4-6-12(14(8-11)25-2)18-16(21)9-26-17-19-13-5-3-10(20(22)23)7-15(13)27-17/h3-8H,9H2,1-2H3,(H,18,21). The van der Waals surface area contributed by atoms with Gasteiger partial charge in [-0.15, -0.1) is 11.3 Å². The smallest absolute Gasteiger partial charge is 0.270 e. The third-order valence-corrected chi connectivity index (χ3v) is 5.73. The molecular weight excluding hydrogens is 390 g/mol. The Balaban J connectivity index is 1.65. The zero-order chi connectivity index (χ0) is 19.4. The van der Waals surface area contributed by atoms with Gasteiger partial charge in [-0.05, 0) is 18.2 Å². The van der Waals surface area contributed by atoms with E-state index in [-0.39, 0.29) is 17.3 Å². The number of nitrogens with zero attached hydrogens (tertiary/aromatic N) is 2. The summed E-state index contributed by atoms with van der Waals surface area (Å²) < 4.78 is 11.8. The van der Waals surface area contributed by atoms with Gasteiger partial charge in [0.15, 0.2) is 4.34 Å². The van der Waals surface area contributed by atoms with E-state index in [1.807, 2.05) is 0 Å². The zero-order valence-electron chi connectivity index (χ0n) is 14.4. The molecule has 0 spiro atoms. The van der Waals surface area contributed by atoms with Gasteiger partial charge in [0.05, 0.1) is 40.8 Å². The van der Waals surface area contributed by atoms with E-state index in [4.69, 9.17) is 9.47 Å². The molecule has 0 saturated carbocycles. The number of fused-ring (bicyclic) bond motifs is 1. The molecule has 0 fully saturated rings. The average molecular weight is 405 g/mol. The number of non-ortho nitro benzene ring substituents is 1. The Kier molecular flexibility index (Phi) is 5.77. The van der Waals surface area contributed by atoms with Crippen LogP contribution in [0.25, 0.3) is 10.2 Å². The molecule has 1 N–H and O–H groups in total. The molecule has 2 aromatic carbocycles. The van der Waals surface area contributed by atoms with Gasteiger partial charge in [0.1, 0.15) is 11.5 Å². The van der Waals surface area contributed by atoms with Crippen LogP contribution in [0.2, 0.25) is 0 Å². The van der Waals surface area contributed by atoms with Gasteiger partial charge >= 0.3 is 0 Å². The topological polar surface area (TPSA) is 104 Å². The molecule has 0 bridgehead atoms. The third-order valence-electron chi connectivity index (χ3n) is 3.57. The number of hydrogen-bond donors (Lipinski definition) is 1. The number of aromatic nitrogens is 1. The minimum Gasteiger partial charge on any atom is -0.497 e. The van der Waals surface area contributed by atoms with Crippen LogP contribution in [-0.2, 0) is 4.79 Å². The number of amides is 1. The van der Waals surface area contributed by atoms with E-state index >= 15 is 0 Å². The minimum absolute atomic E-state index is 0.0204. The van der Waals surface area contributed by atoms with E-state index in [2.05, 4.69) is 10.3 Å². The first kappa shape index (κ1) is 18.9. The second-order valence-electron chi connectivity index (χ2n) is 5.29. The summed E-state index contributed by atoms with van der Waals surface area (Å²) >= 11 is 2.58. The van der Waals surface area contributed by atoms with Crippen molar-refractivity contribution >= 4 is 50.6 Å². The Morgan fingerprint density at radius 2 is 2.07 bits per heavy atom. The van der Waals surface area contributed by atoms with Gasteiger partial charge in [0, 0.05) is 18.2 Å². The first-order valence-electron chi connectivity index (χ1n) is 7.70. The number of rotatable bonds is 7. The fraction of sp³-hybridized carbons (Fsp3) is 0.176. The normalized spacial score (nSPS) is 10.6. The Morgan fingerprint density at radius 1 is 1.26 bits per heavy atom. The maximum atomic E-state index is 12.2. The summed E-state index contributed by atoms with van der Waals surface area (Å²) in [6.07, 6.45) is 0. The molecule has 1 amide bonds. The lowest BCUT2D eigenvalue weighted by Gasteiger charge is -2.11. The SMILES string of the molecule is COc1ccc(NC(=O)CSc2nc3ccc([N+](=O)[O-])cc3s2)c(OC)c1. The lowest BCUT2D eigenvalue weighted by molar-refractivity contribution is -0.384. The average Bonchev–Trinajstić information content (AvgIpc) is 3.08. The van der Waals surface area contributed by atoms with Crippen molar-refractivity contribution in [2.24, 2.45) is 0 Å². The molecular formula is C17H15N3O5S2. The van der Waals surface area contributed by atoms with Gasteiger partial charge in [-0.3, -0.25) is 14.9 Å². The molecule has 0 aliphatic rings. The van der Waals surface area contributed by atoms with Gasteiger partial charge in [0.2, 0.25) is 5.91 Å². The van der Waals surface area contributed by atoms with Crippen molar-refractivity contribution in [3.8, 4) is 11.5 Å². The third kappa shape index (κ3) is 4.47. The summed E-state index contributed by atoms with van der Waals surface area (Å²) in [6, 6.07) is 9.63. The highest BCUT2D eigenvalue weighted by Gasteiger charge is 2.13. The molecule has 27 heavy (non-hydrogen) atoms. The lowest BCUT2D eigenvalue weighted by atomic mass is 10.2. The van der Waals surface area contributed by atoms with E-state index in [9.17, 15) is 14.9 Å². The highest BCUT2D eigenvalue weighted by molar-refractivity contribution is 8.01. The summed E-state index contributed by atoms with van der Waals surface area (Å²) in [5, 5.41) is 13.6. The summed E-state index contributed by atoms with van der Waals surface area (Å²) in [5.74, 6) is 1.06. The van der Waals surface area contributed by atoms with Crippen LogP contribution in [0.15, 0.2) is 40.7 Å². The van der Waals surface area contributed by atoms with Gasteiger partial charge in [-0.1, -0.05) is 11.8 Å². The van der Waals surface area contributed by atoms with Crippen molar-refractivity contribution in [3.05, 3.63) is 46.5 Å². The van der Waals surface area contributed by atoms with Gasteiger partial charge in [0.25, 0.3) is 5.69 Å². The fourth-order valence-corrected chi connectivity index (χ4v) is 4.18. The van der Waals surface area contributed by atoms with Crippen molar-refractivity contribution in [3.63, 3.8) is 0 Å². The molecule has 1 aromatic heterocycles. The Morgan fingerprint density at radius 3 is 2.78 bits per heavy atom. The second kappa shape index (κ2) is 8.23. The van der Waals surface area contributed by atoms with Crippen LogP contribution in [0.5, 0.6) is 11.5 Å². The summed E-state index contributed by atoms with van der Waals surface area (Å²) in [6.45, 7) is 0. The number of ether oxygens (including phenoxy) is 2. The number of carbonyl (C=O) groups excluding carboxylic acids is 1. The molecule has 3 rings (SSSR count). The van der Waals surface area contributed by atoms with Gasteiger partial charge in [-0.25, -0.2) is 4.98 Å². The molecule has 0 atom stereocenters. The van der Waals surface area contributed by atoms with Crippen LogP contribution in [-0.4, -0.2) is 35.8 Å². The predicted octanol–water partition coefficient (Wildman–Crippen LogP) is 3.95. The van der Waals surface area contributed by atoms with Crippen molar-refractivity contribution < 1.29 is 19.2 Å². The van der Waals surface area contributed by atoms with Gasteiger partial charge in [-0.2, -0.15) is 0 Å². The van der Waals surface area contributed by atoms with E-state index < -0.39 is 4.92 Å². The van der Waals surface area contributed by atoms with Crippen molar-refractivity contribution in [1.82, 2.24) is 4.98 Å². The summed E-state index contributed by atoms with van der Waals surface area (Å²) in [7, 11) is 3.07. The van der Waals surface area contributed by atoms with Crippen molar-refractivity contribution in [2.75, 3.05) is 25.3 Å². The zero-order valence-corrected chi connectivity index (χ0v) is 16.1. The largest absolute Gasteiger partial charge is 0.497 e. The number of nitro benzene ring substituents is 1. The number of anilines is 1. The first-order chi connectivity index (χ1) is 13.0. The molecule has 0 aliphatic heterocycles. The summed E-state index contributed by atoms with van der Waals surface area (Å²) in [5.41, 5.74) is 1.24. The fourth-order valence-electron chi connectivity index (χ4n) is 2.28. The predicted molar refractivity (Wildman–Crippen MR) is 105 cm³/mol. The number of hydrogen-bond acceptors (Lipinski definition) is 8. The highest BCUT2D eigenvalue weighted by Crippen LogP contribution is 2.32. The van der Waals surface area contributed by atoms with Gasteiger partial charge < -0.3 is 14.8 Å². The van der Waals surface area contributed by atoms with Crippen LogP contribution in [0.1, 0.15) is 0 Å². The molecule has 10 heteroatoms. The number of thioether (sulfide) groups is 1. The van der Waals surface area contributed by atoms with Crippen molar-refractivity contribution in [2.45, 2.75) is 4.34 Å². The molecule has 0 unspecified atom stereocenters. The molecule has 1 heterocycles. The van der Waals surface area contributed by atoms with Crippen LogP contribution >= 0.6 is 23.1 Å². The number of nitrogens with one attached hydrogen (secondary N) is 1. The van der Waals surface area contributed by atoms with Crippen molar-refractivity contribution in [1.29, 1.82) is 0 Å². The van der Waals surface area contributed by atoms with E-state index in [1.165, 1.54) is 42.3 Å². The maximum Gasteiger partial charge on any atom is 0.270 e. The van der Waals surface area contributed by atoms with Crippen LogP contribution in [0, 0.1) is 10.1 Å². The molecule has 0 saturated heterocycles. The number of methoxy groups -OCH3 is 2. The minimum atomic E-state index is -0.443. The Labute approximate surface area is 162 Å². The molecule has 140 valence electrons. The molecule has 0 radical (unpaired) electrons. The number of benzene rings is 2. The van der Waals surface area contributed by atoms with Crippen LogP contribution < -0.4 is 14.8 Å². The lowest BCUT2D eigenvalue weighted by Crippen LogP contribution is -2.14. The second-order valence-corrected chi connectivity index (χ2v) is 7.55. The highest BCUT2D eigenvalue weighted by atomic mass is 32.2. The number of carbonyl (C=O) groups is 1. The maximum absolute atomic E-state index is 12.2. The molecule has 3 aromatic rings. The summed E-state index contributed by atoms with van der Waals surface area (Å²) in [4.78, 5) is 27.0. The van der Waals surface area contributed by atoms with E-state index in [0.29, 0.717) is 31.7 Å². The Bertz CT molecular complexity index is 1010. The van der Waals surface area contributed by atoms with Crippen LogP contribution in [0.4, 0.5) is 11.4 Å². The monoisotopic (exact) mass is 405 g/mol. The van der Waals surface area contributed by atoms with E-state index in [1.54, 1.807) is 31.4 Å². The Hall–Kier alpha value is -2.85. The van der Waals surface area contributed by atoms with E-state index in [0.717, 1.165) is 0 Å². The quantitative estimate of drug-likeness (QED) is 0.360. The number of nitro groups is 1. The molecule has 8 nitrogen and oxygen atoms in total. The van der Waals surface area contributed by atoms with Crippen LogP contribution in [0.3, 0.4) is 0 Å². The first-order valence-corrected chi connectivity index (χ1v) is 9.50. The number of thiazole rings is 1. The molecule has 0 aliphatic carbocycles.